The Morgan fingerprint density at radius 2 is 2.06 bits per heavy atom. The standard InChI is InChI=1S/C13H26N2O2/c1-2-15(9-6-10-16)13(17)11-7-4-3-5-8-12(11)14/h11-12,16H,2-10,14H2,1H3. The van der Waals surface area contributed by atoms with E-state index in [1.807, 2.05) is 11.8 Å². The Hall–Kier alpha value is -0.610. The molecular formula is C13H26N2O2. The number of hydrogen-bond acceptors (Lipinski definition) is 3. The number of amides is 1. The summed E-state index contributed by atoms with van der Waals surface area (Å²) >= 11 is 0. The van der Waals surface area contributed by atoms with Gasteiger partial charge >= 0.3 is 0 Å². The molecule has 1 saturated carbocycles. The number of hydrogen-bond donors (Lipinski definition) is 2. The van der Waals surface area contributed by atoms with Crippen LogP contribution in [0, 0.1) is 5.92 Å². The Bertz CT molecular complexity index is 233. The van der Waals surface area contributed by atoms with E-state index >= 15 is 0 Å². The van der Waals surface area contributed by atoms with Gasteiger partial charge in [-0.3, -0.25) is 4.79 Å². The van der Waals surface area contributed by atoms with Gasteiger partial charge in [0.25, 0.3) is 0 Å². The van der Waals surface area contributed by atoms with Crippen LogP contribution < -0.4 is 5.73 Å². The van der Waals surface area contributed by atoms with Crippen LogP contribution in [-0.2, 0) is 4.79 Å². The van der Waals surface area contributed by atoms with Gasteiger partial charge in [0.15, 0.2) is 0 Å². The van der Waals surface area contributed by atoms with Crippen molar-refractivity contribution in [3.8, 4) is 0 Å². The highest BCUT2D eigenvalue weighted by atomic mass is 16.3. The SMILES string of the molecule is CCN(CCCO)C(=O)C1CCCCCC1N. The maximum absolute atomic E-state index is 12.4. The molecular weight excluding hydrogens is 216 g/mol. The summed E-state index contributed by atoms with van der Waals surface area (Å²) in [6.45, 7) is 3.48. The minimum absolute atomic E-state index is 0.00357. The first-order valence-electron chi connectivity index (χ1n) is 6.86. The lowest BCUT2D eigenvalue weighted by molar-refractivity contribution is -0.136. The van der Waals surface area contributed by atoms with Crippen molar-refractivity contribution in [2.75, 3.05) is 19.7 Å². The molecule has 0 bridgehead atoms. The molecule has 0 aromatic carbocycles. The van der Waals surface area contributed by atoms with Crippen LogP contribution in [0.2, 0.25) is 0 Å². The van der Waals surface area contributed by atoms with Crippen LogP contribution in [0.1, 0.15) is 45.4 Å². The Morgan fingerprint density at radius 1 is 1.35 bits per heavy atom. The summed E-state index contributed by atoms with van der Waals surface area (Å²) in [4.78, 5) is 14.2. The molecule has 1 aliphatic rings. The van der Waals surface area contributed by atoms with Gasteiger partial charge in [0.05, 0.1) is 5.92 Å². The van der Waals surface area contributed by atoms with Crippen molar-refractivity contribution in [1.82, 2.24) is 4.90 Å². The van der Waals surface area contributed by atoms with Crippen LogP contribution in [0.4, 0.5) is 0 Å². The predicted octanol–water partition coefficient (Wildman–Crippen LogP) is 1.12. The van der Waals surface area contributed by atoms with Gasteiger partial charge < -0.3 is 15.7 Å². The smallest absolute Gasteiger partial charge is 0.227 e. The van der Waals surface area contributed by atoms with E-state index in [4.69, 9.17) is 10.8 Å². The maximum atomic E-state index is 12.4. The van der Waals surface area contributed by atoms with Crippen molar-refractivity contribution >= 4 is 5.91 Å². The Balaban J connectivity index is 2.57. The molecule has 1 fully saturated rings. The fourth-order valence-corrected chi connectivity index (χ4v) is 2.56. The first-order valence-corrected chi connectivity index (χ1v) is 6.86. The van der Waals surface area contributed by atoms with Gasteiger partial charge in [-0.05, 0) is 26.2 Å². The monoisotopic (exact) mass is 242 g/mol. The lowest BCUT2D eigenvalue weighted by atomic mass is 9.94. The highest BCUT2D eigenvalue weighted by Gasteiger charge is 2.29. The topological polar surface area (TPSA) is 66.6 Å². The van der Waals surface area contributed by atoms with Crippen molar-refractivity contribution < 1.29 is 9.90 Å². The number of aliphatic hydroxyl groups excluding tert-OH is 1. The number of carbonyl (C=O) groups is 1. The highest BCUT2D eigenvalue weighted by Crippen LogP contribution is 2.24. The molecule has 0 aliphatic heterocycles. The molecule has 0 aromatic heterocycles. The zero-order valence-electron chi connectivity index (χ0n) is 10.9. The van der Waals surface area contributed by atoms with Gasteiger partial charge in [0.1, 0.15) is 0 Å². The van der Waals surface area contributed by atoms with Crippen LogP contribution in [0.25, 0.3) is 0 Å². The van der Waals surface area contributed by atoms with Crippen molar-refractivity contribution in [2.24, 2.45) is 11.7 Å². The molecule has 3 N–H and O–H groups in total. The molecule has 0 saturated heterocycles. The second-order valence-electron chi connectivity index (χ2n) is 4.90. The molecule has 0 heterocycles. The predicted molar refractivity (Wildman–Crippen MR) is 68.5 cm³/mol. The van der Waals surface area contributed by atoms with Crippen molar-refractivity contribution in [3.05, 3.63) is 0 Å². The molecule has 17 heavy (non-hydrogen) atoms. The minimum Gasteiger partial charge on any atom is -0.396 e. The number of carbonyl (C=O) groups excluding carboxylic acids is 1. The number of nitrogens with two attached hydrogens (primary N) is 1. The molecule has 2 atom stereocenters. The lowest BCUT2D eigenvalue weighted by Gasteiger charge is -2.28. The van der Waals surface area contributed by atoms with Crippen LogP contribution in [-0.4, -0.2) is 41.7 Å². The summed E-state index contributed by atoms with van der Waals surface area (Å²) < 4.78 is 0. The fraction of sp³-hybridized carbons (Fsp3) is 0.923. The molecule has 0 radical (unpaired) electrons. The van der Waals surface area contributed by atoms with E-state index in [-0.39, 0.29) is 24.5 Å². The number of rotatable bonds is 5. The molecule has 0 aromatic rings. The number of nitrogens with zero attached hydrogens (tertiary/aromatic N) is 1. The summed E-state index contributed by atoms with van der Waals surface area (Å²) in [5, 5.41) is 8.84. The van der Waals surface area contributed by atoms with Crippen molar-refractivity contribution in [2.45, 2.75) is 51.5 Å². The van der Waals surface area contributed by atoms with Crippen LogP contribution >= 0.6 is 0 Å². The van der Waals surface area contributed by atoms with E-state index < -0.39 is 0 Å². The van der Waals surface area contributed by atoms with Gasteiger partial charge in [-0.15, -0.1) is 0 Å². The van der Waals surface area contributed by atoms with Gasteiger partial charge in [-0.1, -0.05) is 19.3 Å². The second kappa shape index (κ2) is 7.67. The van der Waals surface area contributed by atoms with E-state index in [2.05, 4.69) is 0 Å². The van der Waals surface area contributed by atoms with Gasteiger partial charge in [0, 0.05) is 25.7 Å². The average molecular weight is 242 g/mol. The molecule has 2 unspecified atom stereocenters. The molecule has 4 heteroatoms. The Morgan fingerprint density at radius 3 is 2.71 bits per heavy atom. The van der Waals surface area contributed by atoms with Crippen molar-refractivity contribution in [1.29, 1.82) is 0 Å². The summed E-state index contributed by atoms with van der Waals surface area (Å²) in [5.74, 6) is 0.187. The van der Waals surface area contributed by atoms with Gasteiger partial charge in [-0.2, -0.15) is 0 Å². The quantitative estimate of drug-likeness (QED) is 0.710. The van der Waals surface area contributed by atoms with Crippen LogP contribution in [0.15, 0.2) is 0 Å². The van der Waals surface area contributed by atoms with E-state index in [1.54, 1.807) is 0 Å². The summed E-state index contributed by atoms with van der Waals surface area (Å²) in [7, 11) is 0. The summed E-state index contributed by atoms with van der Waals surface area (Å²) in [6.07, 6.45) is 6.00. The highest BCUT2D eigenvalue weighted by molar-refractivity contribution is 5.79. The fourth-order valence-electron chi connectivity index (χ4n) is 2.56. The third kappa shape index (κ3) is 4.28. The third-order valence-electron chi connectivity index (χ3n) is 3.67. The molecule has 1 aliphatic carbocycles. The maximum Gasteiger partial charge on any atom is 0.227 e. The molecule has 4 nitrogen and oxygen atoms in total. The first-order chi connectivity index (χ1) is 8.20. The number of aliphatic hydroxyl groups is 1. The van der Waals surface area contributed by atoms with E-state index in [9.17, 15) is 4.79 Å². The van der Waals surface area contributed by atoms with Crippen LogP contribution in [0.5, 0.6) is 0 Å². The van der Waals surface area contributed by atoms with Gasteiger partial charge in [0.2, 0.25) is 5.91 Å². The van der Waals surface area contributed by atoms with Gasteiger partial charge in [-0.25, -0.2) is 0 Å². The molecule has 1 amide bonds. The molecule has 100 valence electrons. The first kappa shape index (κ1) is 14.5. The largest absolute Gasteiger partial charge is 0.396 e. The average Bonchev–Trinajstić information content (AvgIpc) is 2.54. The summed E-state index contributed by atoms with van der Waals surface area (Å²) in [6, 6.07) is 0.0215. The van der Waals surface area contributed by atoms with E-state index in [1.165, 1.54) is 6.42 Å². The molecule has 0 spiro atoms. The second-order valence-corrected chi connectivity index (χ2v) is 4.90. The Labute approximate surface area is 104 Å². The van der Waals surface area contributed by atoms with Crippen molar-refractivity contribution in [3.63, 3.8) is 0 Å². The lowest BCUT2D eigenvalue weighted by Crippen LogP contribution is -2.44. The summed E-state index contributed by atoms with van der Waals surface area (Å²) in [5.41, 5.74) is 6.10. The van der Waals surface area contributed by atoms with E-state index in [0.29, 0.717) is 19.5 Å². The molecule has 1 rings (SSSR count). The van der Waals surface area contributed by atoms with Crippen LogP contribution in [0.3, 0.4) is 0 Å². The normalized spacial score (nSPS) is 25.4. The minimum atomic E-state index is -0.00357. The Kier molecular flexibility index (Phi) is 6.52. The van der Waals surface area contributed by atoms with E-state index in [0.717, 1.165) is 25.7 Å². The zero-order valence-corrected chi connectivity index (χ0v) is 10.9. The third-order valence-corrected chi connectivity index (χ3v) is 3.67. The zero-order chi connectivity index (χ0) is 12.7.